The lowest BCUT2D eigenvalue weighted by atomic mass is 9.86. The first kappa shape index (κ1) is 35.7. The van der Waals surface area contributed by atoms with Crippen molar-refractivity contribution < 1.29 is 19.1 Å². The lowest BCUT2D eigenvalue weighted by Crippen LogP contribution is -2.62. The minimum atomic E-state index is -0.511. The van der Waals surface area contributed by atoms with Crippen LogP contribution in [0.15, 0.2) is 84.9 Å². The van der Waals surface area contributed by atoms with Gasteiger partial charge >= 0.3 is 0 Å². The molecule has 0 saturated carbocycles. The van der Waals surface area contributed by atoms with Crippen LogP contribution in [0.3, 0.4) is 0 Å². The number of hydrogen-bond acceptors (Lipinski definition) is 6. The Bertz CT molecular complexity index is 2130. The Morgan fingerprint density at radius 1 is 0.885 bits per heavy atom. The summed E-state index contributed by atoms with van der Waals surface area (Å²) in [6.07, 6.45) is 3.81. The van der Waals surface area contributed by atoms with E-state index in [9.17, 15) is 9.59 Å². The van der Waals surface area contributed by atoms with Gasteiger partial charge in [0.2, 0.25) is 18.6 Å². The second-order valence-corrected chi connectivity index (χ2v) is 14.4. The normalized spacial score (nSPS) is 18.5. The Labute approximate surface area is 315 Å². The third-order valence-corrected chi connectivity index (χ3v) is 10.7. The highest BCUT2D eigenvalue weighted by Crippen LogP contribution is 2.45. The molecule has 0 spiro atoms. The molecule has 1 aromatic heterocycles. The monoisotopic (exact) mass is 739 g/mol. The zero-order valence-corrected chi connectivity index (χ0v) is 31.2. The number of likely N-dealkylation sites (N-methyl/N-ethyl adjacent to an activating group) is 1. The molecule has 1 fully saturated rings. The smallest absolute Gasteiger partial charge is 0.245 e. The largest absolute Gasteiger partial charge is 0.454 e. The van der Waals surface area contributed by atoms with Crippen LogP contribution >= 0.6 is 24.0 Å². The second-order valence-electron chi connectivity index (χ2n) is 14.0. The fourth-order valence-corrected chi connectivity index (χ4v) is 8.17. The Balaban J connectivity index is 0.000000165. The van der Waals surface area contributed by atoms with Crippen molar-refractivity contribution in [1.29, 1.82) is 0 Å². The van der Waals surface area contributed by atoms with Crippen LogP contribution in [0, 0.1) is 0 Å². The molecule has 5 heterocycles. The number of ether oxygens (including phenoxy) is 2. The van der Waals surface area contributed by atoms with Gasteiger partial charge in [-0.05, 0) is 98.6 Å². The van der Waals surface area contributed by atoms with Crippen LogP contribution in [0.25, 0.3) is 10.9 Å². The predicted octanol–water partition coefficient (Wildman–Crippen LogP) is 7.16. The lowest BCUT2D eigenvalue weighted by molar-refractivity contribution is -0.157. The van der Waals surface area contributed by atoms with Crippen LogP contribution in [-0.2, 0) is 28.9 Å². The topological polar surface area (TPSA) is 81.3 Å². The van der Waals surface area contributed by atoms with E-state index in [2.05, 4.69) is 71.3 Å². The highest BCUT2D eigenvalue weighted by molar-refractivity contribution is 6.30. The van der Waals surface area contributed by atoms with Gasteiger partial charge in [-0.3, -0.25) is 9.59 Å². The van der Waals surface area contributed by atoms with Crippen molar-refractivity contribution in [1.82, 2.24) is 19.7 Å². The minimum absolute atomic E-state index is 0. The maximum Gasteiger partial charge on any atom is 0.245 e. The summed E-state index contributed by atoms with van der Waals surface area (Å²) in [5, 5.41) is 1.91. The molecule has 11 heteroatoms. The number of aromatic amines is 1. The summed E-state index contributed by atoms with van der Waals surface area (Å²) >= 11 is 6.27. The van der Waals surface area contributed by atoms with E-state index in [4.69, 9.17) is 21.1 Å². The predicted molar refractivity (Wildman–Crippen MR) is 207 cm³/mol. The van der Waals surface area contributed by atoms with Crippen molar-refractivity contribution in [2.45, 2.75) is 37.8 Å². The van der Waals surface area contributed by atoms with Crippen molar-refractivity contribution in [3.63, 3.8) is 0 Å². The van der Waals surface area contributed by atoms with E-state index in [-0.39, 0.29) is 43.6 Å². The van der Waals surface area contributed by atoms with Gasteiger partial charge in [0.1, 0.15) is 6.04 Å². The number of aryl methyl sites for hydroxylation is 2. The molecule has 5 aromatic rings. The number of carbonyl (C=O) groups excluding carboxylic acids is 2. The van der Waals surface area contributed by atoms with Crippen molar-refractivity contribution in [3.05, 3.63) is 118 Å². The number of nitrogens with one attached hydrogen (secondary N) is 1. The third-order valence-electron chi connectivity index (χ3n) is 10.4. The zero-order valence-electron chi connectivity index (χ0n) is 29.6. The molecule has 4 aliphatic heterocycles. The molecule has 52 heavy (non-hydrogen) atoms. The summed E-state index contributed by atoms with van der Waals surface area (Å²) in [6.45, 7) is 2.39. The van der Waals surface area contributed by atoms with Crippen LogP contribution in [-0.4, -0.2) is 85.1 Å². The Hall–Kier alpha value is -4.70. The molecule has 2 atom stereocenters. The molecule has 0 unspecified atom stereocenters. The van der Waals surface area contributed by atoms with Crippen LogP contribution in [0.5, 0.6) is 11.5 Å². The number of anilines is 2. The van der Waals surface area contributed by atoms with E-state index in [1.807, 2.05) is 42.5 Å². The quantitative estimate of drug-likeness (QED) is 0.206. The van der Waals surface area contributed by atoms with E-state index < -0.39 is 6.04 Å². The molecule has 9 nitrogen and oxygen atoms in total. The van der Waals surface area contributed by atoms with Gasteiger partial charge in [0.25, 0.3) is 0 Å². The number of hydrogen-bond donors (Lipinski definition) is 1. The summed E-state index contributed by atoms with van der Waals surface area (Å²) in [4.78, 5) is 37.6. The van der Waals surface area contributed by atoms with Crippen molar-refractivity contribution in [2.24, 2.45) is 0 Å². The third kappa shape index (κ3) is 6.57. The maximum absolute atomic E-state index is 13.1. The fourth-order valence-electron chi connectivity index (χ4n) is 8.01. The summed E-state index contributed by atoms with van der Waals surface area (Å²) in [5.41, 5.74) is 9.41. The van der Waals surface area contributed by atoms with Gasteiger partial charge in [0.05, 0.1) is 12.6 Å². The number of benzene rings is 4. The number of amides is 2. The number of carbonyl (C=O) groups is 2. The van der Waals surface area contributed by atoms with Crippen molar-refractivity contribution >= 4 is 58.1 Å². The molecule has 1 saturated heterocycles. The average Bonchev–Trinajstić information content (AvgIpc) is 3.72. The van der Waals surface area contributed by atoms with Crippen LogP contribution in [0.1, 0.15) is 40.4 Å². The van der Waals surface area contributed by atoms with Gasteiger partial charge in [-0.25, -0.2) is 0 Å². The second kappa shape index (κ2) is 14.7. The van der Waals surface area contributed by atoms with Gasteiger partial charge < -0.3 is 34.1 Å². The molecule has 0 radical (unpaired) electrons. The number of piperazine rings is 1. The summed E-state index contributed by atoms with van der Waals surface area (Å²) in [5.74, 6) is 1.28. The Morgan fingerprint density at radius 3 is 2.46 bits per heavy atom. The SMILES string of the molecule is CN(C)CCCN1c2ccccc2CCc2ccc(Cl)cc21.CN1CC(=O)N2[C@H](c3ccc4c(c3)OCO4)c3[nH]c4ccccc4c3C[C@@H]2C1=O.Cl. The molecule has 1 N–H and O–H groups in total. The van der Waals surface area contributed by atoms with Gasteiger partial charge in [0, 0.05) is 53.0 Å². The molecule has 2 amide bonds. The van der Waals surface area contributed by atoms with E-state index in [1.54, 1.807) is 11.9 Å². The van der Waals surface area contributed by atoms with E-state index in [1.165, 1.54) is 27.4 Å². The van der Waals surface area contributed by atoms with Gasteiger partial charge in [-0.15, -0.1) is 12.4 Å². The van der Waals surface area contributed by atoms with Crippen molar-refractivity contribution in [3.8, 4) is 11.5 Å². The van der Waals surface area contributed by atoms with Crippen molar-refractivity contribution in [2.75, 3.05) is 52.5 Å². The van der Waals surface area contributed by atoms with Crippen LogP contribution < -0.4 is 14.4 Å². The van der Waals surface area contributed by atoms with E-state index in [0.29, 0.717) is 17.9 Å². The standard InChI is InChI=1S/C22H19N3O4.C19H23ClN2.ClH/c1-24-10-19(26)25-16(22(24)27)9-14-13-4-2-3-5-15(13)23-20(14)21(25)12-6-7-17-18(8-12)29-11-28-17;1-21(2)12-5-13-22-18-7-4-3-6-15(18)8-9-16-10-11-17(20)14-19(16)22;/h2-8,16,21,23H,9-11H2,1H3;3-4,6-7,10-11,14H,5,8-9,12-13H2,1-2H3;1H/t16-,21-;;/m1../s1. The molecule has 4 aliphatic rings. The molecule has 0 aliphatic carbocycles. The van der Waals surface area contributed by atoms with Crippen LogP contribution in [0.4, 0.5) is 11.4 Å². The number of H-pyrrole nitrogens is 1. The highest BCUT2D eigenvalue weighted by atomic mass is 35.5. The zero-order chi connectivity index (χ0) is 35.2. The number of fused-ring (bicyclic) bond motifs is 7. The lowest BCUT2D eigenvalue weighted by Gasteiger charge is -2.46. The van der Waals surface area contributed by atoms with E-state index >= 15 is 0 Å². The molecular formula is C41H43Cl2N5O4. The number of nitrogens with zero attached hydrogens (tertiary/aromatic N) is 4. The number of rotatable bonds is 5. The molecule has 0 bridgehead atoms. The maximum atomic E-state index is 13.1. The Kier molecular flexibility index (Phi) is 10.1. The first-order valence-electron chi connectivity index (χ1n) is 17.6. The summed E-state index contributed by atoms with van der Waals surface area (Å²) in [6, 6.07) is 28.0. The molecular weight excluding hydrogens is 697 g/mol. The van der Waals surface area contributed by atoms with Crippen LogP contribution in [0.2, 0.25) is 5.02 Å². The molecule has 9 rings (SSSR count). The van der Waals surface area contributed by atoms with Gasteiger partial charge in [-0.1, -0.05) is 60.1 Å². The summed E-state index contributed by atoms with van der Waals surface area (Å²) < 4.78 is 11.0. The number of aromatic nitrogens is 1. The van der Waals surface area contributed by atoms with Gasteiger partial charge in [-0.2, -0.15) is 0 Å². The highest BCUT2D eigenvalue weighted by Gasteiger charge is 2.47. The fraction of sp³-hybridized carbons (Fsp3) is 0.317. The minimum Gasteiger partial charge on any atom is -0.454 e. The molecule has 4 aromatic carbocycles. The first-order valence-corrected chi connectivity index (χ1v) is 18.0. The van der Waals surface area contributed by atoms with Gasteiger partial charge in [0.15, 0.2) is 11.5 Å². The summed E-state index contributed by atoms with van der Waals surface area (Å²) in [7, 11) is 5.94. The Morgan fingerprint density at radius 2 is 1.63 bits per heavy atom. The number of halogens is 2. The molecule has 270 valence electrons. The van der Waals surface area contributed by atoms with E-state index in [0.717, 1.165) is 65.1 Å². The first-order chi connectivity index (χ1) is 24.8. The number of para-hydroxylation sites is 2. The average molecular weight is 741 g/mol.